The van der Waals surface area contributed by atoms with E-state index in [4.69, 9.17) is 16.3 Å². The van der Waals surface area contributed by atoms with Gasteiger partial charge in [0.1, 0.15) is 5.82 Å². The van der Waals surface area contributed by atoms with E-state index >= 15 is 0 Å². The van der Waals surface area contributed by atoms with Crippen LogP contribution in [0.3, 0.4) is 0 Å². The second-order valence-corrected chi connectivity index (χ2v) is 5.69. The average molecular weight is 362 g/mol. The molecule has 25 heavy (non-hydrogen) atoms. The molecule has 0 saturated heterocycles. The number of H-pyrrole nitrogens is 1. The summed E-state index contributed by atoms with van der Waals surface area (Å²) in [6.45, 7) is 1.42. The van der Waals surface area contributed by atoms with Crippen LogP contribution in [0.15, 0.2) is 42.5 Å². The van der Waals surface area contributed by atoms with Gasteiger partial charge in [-0.1, -0.05) is 29.8 Å². The summed E-state index contributed by atoms with van der Waals surface area (Å²) in [5.41, 5.74) is 1.00. The lowest BCUT2D eigenvalue weighted by molar-refractivity contribution is -0.123. The van der Waals surface area contributed by atoms with E-state index in [9.17, 15) is 14.0 Å². The Bertz CT molecular complexity index is 957. The number of fused-ring (bicyclic) bond motifs is 1. The Morgan fingerprint density at radius 2 is 2.04 bits per heavy atom. The summed E-state index contributed by atoms with van der Waals surface area (Å²) in [4.78, 5) is 24.4. The molecule has 0 spiro atoms. The van der Waals surface area contributed by atoms with E-state index in [0.29, 0.717) is 10.9 Å². The first kappa shape index (κ1) is 16.9. The van der Waals surface area contributed by atoms with Crippen molar-refractivity contribution >= 4 is 40.1 Å². The maximum absolute atomic E-state index is 13.0. The number of nitrogens with zero attached hydrogens (tertiary/aromatic N) is 1. The monoisotopic (exact) mass is 361 g/mol. The van der Waals surface area contributed by atoms with Crippen LogP contribution >= 0.6 is 11.6 Å². The molecule has 6 nitrogen and oxygen atoms in total. The predicted molar refractivity (Wildman–Crippen MR) is 91.0 cm³/mol. The molecule has 2 aromatic carbocycles. The fraction of sp³-hybridized carbons (Fsp3) is 0.118. The van der Waals surface area contributed by atoms with Gasteiger partial charge in [-0.3, -0.25) is 9.89 Å². The normalized spacial score (nSPS) is 12.0. The van der Waals surface area contributed by atoms with Gasteiger partial charge in [0.05, 0.1) is 16.2 Å². The van der Waals surface area contributed by atoms with E-state index in [-0.39, 0.29) is 16.4 Å². The van der Waals surface area contributed by atoms with Gasteiger partial charge in [-0.15, -0.1) is 0 Å². The maximum atomic E-state index is 13.0. The van der Waals surface area contributed by atoms with E-state index in [1.807, 2.05) is 0 Å². The first-order valence-electron chi connectivity index (χ1n) is 7.35. The lowest BCUT2D eigenvalue weighted by atomic mass is 10.2. The zero-order valence-corrected chi connectivity index (χ0v) is 13.8. The number of aromatic amines is 1. The van der Waals surface area contributed by atoms with Crippen LogP contribution < -0.4 is 5.32 Å². The lowest BCUT2D eigenvalue weighted by Crippen LogP contribution is -2.30. The third kappa shape index (κ3) is 3.61. The van der Waals surface area contributed by atoms with Crippen molar-refractivity contribution in [1.82, 2.24) is 10.2 Å². The Hall–Kier alpha value is -2.93. The molecule has 1 amide bonds. The van der Waals surface area contributed by atoms with Crippen LogP contribution in [0.1, 0.15) is 17.4 Å². The predicted octanol–water partition coefficient (Wildman–Crippen LogP) is 3.54. The van der Waals surface area contributed by atoms with Gasteiger partial charge in [-0.25, -0.2) is 9.18 Å². The molecule has 0 radical (unpaired) electrons. The molecular formula is C17H13ClFN3O3. The highest BCUT2D eigenvalue weighted by atomic mass is 35.5. The van der Waals surface area contributed by atoms with Gasteiger partial charge in [0, 0.05) is 5.39 Å². The number of aromatic nitrogens is 2. The smallest absolute Gasteiger partial charge is 0.360 e. The minimum atomic E-state index is -1.09. The average Bonchev–Trinajstić information content (AvgIpc) is 3.01. The first-order chi connectivity index (χ1) is 12.0. The second kappa shape index (κ2) is 6.90. The fourth-order valence-corrected chi connectivity index (χ4v) is 2.43. The molecule has 0 aliphatic carbocycles. The molecule has 0 saturated carbocycles. The van der Waals surface area contributed by atoms with Crippen LogP contribution in [0.4, 0.5) is 10.1 Å². The Morgan fingerprint density at radius 3 is 2.80 bits per heavy atom. The maximum Gasteiger partial charge on any atom is 0.360 e. The molecule has 0 aliphatic heterocycles. The zero-order chi connectivity index (χ0) is 18.0. The molecule has 128 valence electrons. The van der Waals surface area contributed by atoms with Gasteiger partial charge < -0.3 is 10.1 Å². The molecule has 1 atom stereocenters. The largest absolute Gasteiger partial charge is 0.448 e. The molecular weight excluding hydrogens is 349 g/mol. The molecule has 1 heterocycles. The highest BCUT2D eigenvalue weighted by molar-refractivity contribution is 6.33. The Labute approximate surface area is 146 Å². The van der Waals surface area contributed by atoms with Crippen molar-refractivity contribution in [3.63, 3.8) is 0 Å². The number of ether oxygens (including phenoxy) is 1. The van der Waals surface area contributed by atoms with E-state index in [1.165, 1.54) is 13.0 Å². The summed E-state index contributed by atoms with van der Waals surface area (Å²) in [5, 5.41) is 9.77. The van der Waals surface area contributed by atoms with Gasteiger partial charge in [0.2, 0.25) is 0 Å². The number of para-hydroxylation sites is 1. The Morgan fingerprint density at radius 1 is 1.28 bits per heavy atom. The van der Waals surface area contributed by atoms with Gasteiger partial charge in [0.15, 0.2) is 11.8 Å². The lowest BCUT2D eigenvalue weighted by Gasteiger charge is -2.13. The standard InChI is InChI=1S/C17H13ClFN3O3/c1-9(16(23)20-14-7-6-10(19)8-12(14)18)25-17(24)15-11-4-2-3-5-13(11)21-22-15/h2-9H,1H3,(H,20,23)(H,21,22). The van der Waals surface area contributed by atoms with Crippen molar-refractivity contribution in [3.8, 4) is 0 Å². The van der Waals surface area contributed by atoms with Crippen molar-refractivity contribution in [2.45, 2.75) is 13.0 Å². The van der Waals surface area contributed by atoms with E-state index < -0.39 is 23.8 Å². The third-order valence-corrected chi connectivity index (χ3v) is 3.82. The van der Waals surface area contributed by atoms with E-state index in [0.717, 1.165) is 12.1 Å². The second-order valence-electron chi connectivity index (χ2n) is 5.28. The van der Waals surface area contributed by atoms with Crippen molar-refractivity contribution in [2.75, 3.05) is 5.32 Å². The summed E-state index contributed by atoms with van der Waals surface area (Å²) in [5.74, 6) is -1.85. The quantitative estimate of drug-likeness (QED) is 0.696. The minimum absolute atomic E-state index is 0.0465. The number of esters is 1. The molecule has 3 aromatic rings. The summed E-state index contributed by atoms with van der Waals surface area (Å²) < 4.78 is 18.2. The molecule has 1 aromatic heterocycles. The van der Waals surface area contributed by atoms with Gasteiger partial charge in [-0.2, -0.15) is 5.10 Å². The van der Waals surface area contributed by atoms with Crippen LogP contribution in [0, 0.1) is 5.82 Å². The highest BCUT2D eigenvalue weighted by Crippen LogP contribution is 2.23. The topological polar surface area (TPSA) is 84.1 Å². The highest BCUT2D eigenvalue weighted by Gasteiger charge is 2.22. The van der Waals surface area contributed by atoms with Gasteiger partial charge in [0.25, 0.3) is 5.91 Å². The van der Waals surface area contributed by atoms with E-state index in [2.05, 4.69) is 15.5 Å². The molecule has 0 aliphatic rings. The number of halogens is 2. The van der Waals surface area contributed by atoms with Crippen LogP contribution in [-0.2, 0) is 9.53 Å². The zero-order valence-electron chi connectivity index (χ0n) is 13.0. The molecule has 2 N–H and O–H groups in total. The summed E-state index contributed by atoms with van der Waals surface area (Å²) in [6, 6.07) is 10.6. The fourth-order valence-electron chi connectivity index (χ4n) is 2.21. The van der Waals surface area contributed by atoms with Gasteiger partial charge >= 0.3 is 5.97 Å². The number of nitrogens with one attached hydrogen (secondary N) is 2. The van der Waals surface area contributed by atoms with Gasteiger partial charge in [-0.05, 0) is 31.2 Å². The molecule has 8 heteroatoms. The number of carbonyl (C=O) groups excluding carboxylic acids is 2. The first-order valence-corrected chi connectivity index (χ1v) is 7.73. The summed E-state index contributed by atoms with van der Waals surface area (Å²) in [7, 11) is 0. The van der Waals surface area contributed by atoms with Crippen LogP contribution in [0.2, 0.25) is 5.02 Å². The van der Waals surface area contributed by atoms with Crippen molar-refractivity contribution in [1.29, 1.82) is 0 Å². The number of anilines is 1. The number of benzene rings is 2. The Kier molecular flexibility index (Phi) is 4.67. The molecule has 1 unspecified atom stereocenters. The molecule has 3 rings (SSSR count). The number of hydrogen-bond donors (Lipinski definition) is 2. The summed E-state index contributed by atoms with van der Waals surface area (Å²) >= 11 is 5.85. The Balaban J connectivity index is 1.69. The van der Waals surface area contributed by atoms with Crippen molar-refractivity contribution < 1.29 is 18.7 Å². The van der Waals surface area contributed by atoms with E-state index in [1.54, 1.807) is 24.3 Å². The summed E-state index contributed by atoms with van der Waals surface area (Å²) in [6.07, 6.45) is -1.09. The number of rotatable bonds is 4. The molecule has 0 bridgehead atoms. The number of hydrogen-bond acceptors (Lipinski definition) is 4. The minimum Gasteiger partial charge on any atom is -0.448 e. The number of amides is 1. The van der Waals surface area contributed by atoms with Crippen LogP contribution in [0.5, 0.6) is 0 Å². The number of carbonyl (C=O) groups is 2. The van der Waals surface area contributed by atoms with Crippen molar-refractivity contribution in [3.05, 3.63) is 59.0 Å². The van der Waals surface area contributed by atoms with Crippen LogP contribution in [-0.4, -0.2) is 28.2 Å². The van der Waals surface area contributed by atoms with Crippen LogP contribution in [0.25, 0.3) is 10.9 Å². The SMILES string of the molecule is CC(OC(=O)c1n[nH]c2ccccc12)C(=O)Nc1ccc(F)cc1Cl. The molecule has 0 fully saturated rings. The third-order valence-electron chi connectivity index (χ3n) is 3.51. The van der Waals surface area contributed by atoms with Crippen molar-refractivity contribution in [2.24, 2.45) is 0 Å².